The molecule has 0 unspecified atom stereocenters. The van der Waals surface area contributed by atoms with E-state index < -0.39 is 0 Å². The van der Waals surface area contributed by atoms with Crippen LogP contribution >= 0.6 is 0 Å². The number of unbranched alkanes of at least 4 members (excludes halogenated alkanes) is 22. The monoisotopic (exact) mass is 617 g/mol. The van der Waals surface area contributed by atoms with Crippen LogP contribution in [0.1, 0.15) is 194 Å². The maximum absolute atomic E-state index is 9.72. The molecule has 0 rings (SSSR count). The number of allylic oxidation sites excluding steroid dienone is 6. The molecule has 0 aliphatic carbocycles. The second-order valence-corrected chi connectivity index (χ2v) is 13.0. The minimum absolute atomic E-state index is 0.0634. The number of aliphatic hydroxyl groups excluding tert-OH is 1. The molecule has 1 atom stereocenters. The first kappa shape index (κ1) is 42.5. The molecule has 0 spiro atoms. The van der Waals surface area contributed by atoms with Crippen LogP contribution in [0.15, 0.2) is 49.0 Å². The normalized spacial score (nSPS) is 12.3. The largest absolute Gasteiger partial charge is 0.495 e. The second kappa shape index (κ2) is 36.0. The van der Waals surface area contributed by atoms with Crippen molar-refractivity contribution in [3.8, 4) is 0 Å². The van der Waals surface area contributed by atoms with Crippen LogP contribution in [0.3, 0.4) is 0 Å². The summed E-state index contributed by atoms with van der Waals surface area (Å²) in [5, 5.41) is 9.72. The van der Waals surface area contributed by atoms with Gasteiger partial charge < -0.3 is 14.6 Å². The lowest BCUT2D eigenvalue weighted by atomic mass is 10.1. The van der Waals surface area contributed by atoms with Crippen molar-refractivity contribution in [2.75, 3.05) is 13.2 Å². The molecule has 0 aliphatic heterocycles. The first-order valence-corrected chi connectivity index (χ1v) is 19.2. The zero-order valence-corrected chi connectivity index (χ0v) is 29.8. The summed E-state index contributed by atoms with van der Waals surface area (Å²) in [6.45, 7) is 13.0. The predicted molar refractivity (Wildman–Crippen MR) is 195 cm³/mol. The van der Waals surface area contributed by atoms with E-state index in [0.717, 1.165) is 37.2 Å². The van der Waals surface area contributed by atoms with E-state index in [1.807, 2.05) is 0 Å². The number of rotatable bonds is 36. The maximum atomic E-state index is 9.72. The van der Waals surface area contributed by atoms with Gasteiger partial charge in [-0.1, -0.05) is 154 Å². The zero-order chi connectivity index (χ0) is 32.2. The third-order valence-corrected chi connectivity index (χ3v) is 8.45. The molecule has 0 bridgehead atoms. The summed E-state index contributed by atoms with van der Waals surface area (Å²) in [5.74, 6) is 1.56. The van der Waals surface area contributed by atoms with Crippen molar-refractivity contribution in [3.63, 3.8) is 0 Å². The molecule has 1 N–H and O–H groups in total. The Balaban J connectivity index is 3.58. The van der Waals surface area contributed by atoms with E-state index in [1.54, 1.807) is 0 Å². The number of aliphatic hydroxyl groups is 1. The first-order valence-electron chi connectivity index (χ1n) is 19.2. The summed E-state index contributed by atoms with van der Waals surface area (Å²) in [4.78, 5) is 0. The number of hydrogen-bond donors (Lipinski definition) is 1. The van der Waals surface area contributed by atoms with Gasteiger partial charge in [-0.25, -0.2) is 0 Å². The van der Waals surface area contributed by atoms with Crippen molar-refractivity contribution in [3.05, 3.63) is 49.0 Å². The molecule has 0 amide bonds. The topological polar surface area (TPSA) is 38.7 Å². The summed E-state index contributed by atoms with van der Waals surface area (Å²) in [6, 6.07) is 0. The summed E-state index contributed by atoms with van der Waals surface area (Å²) in [5.41, 5.74) is 0. The minimum atomic E-state index is -0.364. The number of hydrogen-bond acceptors (Lipinski definition) is 3. The Morgan fingerprint density at radius 3 is 1.23 bits per heavy atom. The fraction of sp³-hybridized carbons (Fsp3) is 0.805. The van der Waals surface area contributed by atoms with Gasteiger partial charge in [0.2, 0.25) is 0 Å². The maximum Gasteiger partial charge on any atom is 0.155 e. The molecule has 0 aromatic heterocycles. The fourth-order valence-electron chi connectivity index (χ4n) is 5.49. The van der Waals surface area contributed by atoms with Crippen molar-refractivity contribution in [2.45, 2.75) is 200 Å². The number of ether oxygens (including phenoxy) is 2. The van der Waals surface area contributed by atoms with Gasteiger partial charge in [0.05, 0.1) is 18.1 Å². The molecule has 0 fully saturated rings. The van der Waals surface area contributed by atoms with Crippen molar-refractivity contribution in [1.29, 1.82) is 0 Å². The van der Waals surface area contributed by atoms with E-state index in [4.69, 9.17) is 9.47 Å². The van der Waals surface area contributed by atoms with Gasteiger partial charge in [-0.3, -0.25) is 0 Å². The van der Waals surface area contributed by atoms with Crippen molar-refractivity contribution >= 4 is 0 Å². The highest BCUT2D eigenvalue weighted by atomic mass is 16.5. The molecule has 0 aromatic rings. The van der Waals surface area contributed by atoms with Crippen molar-refractivity contribution < 1.29 is 14.6 Å². The van der Waals surface area contributed by atoms with Crippen LogP contribution in [0.25, 0.3) is 0 Å². The van der Waals surface area contributed by atoms with Crippen LogP contribution in [-0.2, 0) is 9.47 Å². The third kappa shape index (κ3) is 33.4. The van der Waals surface area contributed by atoms with Gasteiger partial charge in [0.25, 0.3) is 0 Å². The lowest BCUT2D eigenvalue weighted by Crippen LogP contribution is -2.23. The smallest absolute Gasteiger partial charge is 0.155 e. The minimum Gasteiger partial charge on any atom is -0.495 e. The molecule has 44 heavy (non-hydrogen) atoms. The molecular formula is C41H76O3. The lowest BCUT2D eigenvalue weighted by Gasteiger charge is -2.20. The van der Waals surface area contributed by atoms with E-state index in [0.29, 0.717) is 6.61 Å². The van der Waals surface area contributed by atoms with Crippen LogP contribution in [0, 0.1) is 0 Å². The average molecular weight is 617 g/mol. The van der Waals surface area contributed by atoms with Crippen molar-refractivity contribution in [2.24, 2.45) is 0 Å². The van der Waals surface area contributed by atoms with E-state index in [-0.39, 0.29) is 12.7 Å². The van der Waals surface area contributed by atoms with Crippen molar-refractivity contribution in [1.82, 2.24) is 0 Å². The molecule has 0 saturated heterocycles. The van der Waals surface area contributed by atoms with Gasteiger partial charge in [-0.2, -0.15) is 0 Å². The molecule has 3 nitrogen and oxygen atoms in total. The van der Waals surface area contributed by atoms with Gasteiger partial charge in [0.1, 0.15) is 6.61 Å². The second-order valence-electron chi connectivity index (χ2n) is 13.0. The molecule has 258 valence electrons. The van der Waals surface area contributed by atoms with Crippen LogP contribution in [0.5, 0.6) is 0 Å². The third-order valence-electron chi connectivity index (χ3n) is 8.45. The van der Waals surface area contributed by atoms with Gasteiger partial charge in [0.15, 0.2) is 6.10 Å². The quantitative estimate of drug-likeness (QED) is 0.0432. The average Bonchev–Trinajstić information content (AvgIpc) is 3.02. The predicted octanol–water partition coefficient (Wildman–Crippen LogP) is 13.5. The zero-order valence-electron chi connectivity index (χ0n) is 29.8. The Morgan fingerprint density at radius 2 is 0.841 bits per heavy atom. The Labute approximate surface area is 276 Å². The van der Waals surface area contributed by atoms with Crippen LogP contribution in [0.4, 0.5) is 0 Å². The lowest BCUT2D eigenvalue weighted by molar-refractivity contribution is 0.00208. The highest BCUT2D eigenvalue weighted by molar-refractivity contribution is 4.86. The molecule has 0 saturated carbocycles. The molecule has 0 aromatic carbocycles. The highest BCUT2D eigenvalue weighted by Crippen LogP contribution is 2.16. The van der Waals surface area contributed by atoms with Gasteiger partial charge in [0, 0.05) is 12.8 Å². The van der Waals surface area contributed by atoms with E-state index in [2.05, 4.69) is 51.3 Å². The molecular weight excluding hydrogens is 540 g/mol. The van der Waals surface area contributed by atoms with Gasteiger partial charge >= 0.3 is 0 Å². The molecule has 0 aliphatic rings. The van der Waals surface area contributed by atoms with Crippen LogP contribution in [-0.4, -0.2) is 24.4 Å². The first-order chi connectivity index (χ1) is 21.6. The molecule has 0 radical (unpaired) electrons. The summed E-state index contributed by atoms with van der Waals surface area (Å²) in [6.07, 6.45) is 44.7. The van der Waals surface area contributed by atoms with Crippen LogP contribution in [0.2, 0.25) is 0 Å². The molecule has 0 heterocycles. The summed E-state index contributed by atoms with van der Waals surface area (Å²) in [7, 11) is 0. The SMILES string of the molecule is C=C(CCCCCCC/C=C\CCCCCCCC)OC[C@@H](CO)OC(=C)CCCCCCC/C=C\CCCCCCCC. The highest BCUT2D eigenvalue weighted by Gasteiger charge is 2.11. The Hall–Kier alpha value is -1.48. The Kier molecular flexibility index (Phi) is 34.8. The Bertz CT molecular complexity index is 665. The standard InChI is InChI=1S/C41H76O3/c1-5-7-9-11-13-15-17-19-21-23-25-27-29-31-33-35-39(3)43-38-41(37-42)44-40(4)36-34-32-30-28-26-24-22-20-18-16-14-12-10-8-6-2/h19-22,41-42H,3-18,23-38H2,1-2H3/b21-19-,22-20-/t41-/m1/s1. The fourth-order valence-corrected chi connectivity index (χ4v) is 5.49. The van der Waals surface area contributed by atoms with E-state index in [1.165, 1.54) is 154 Å². The van der Waals surface area contributed by atoms with Gasteiger partial charge in [-0.05, 0) is 64.2 Å². The van der Waals surface area contributed by atoms with Gasteiger partial charge in [-0.15, -0.1) is 0 Å². The van der Waals surface area contributed by atoms with E-state index >= 15 is 0 Å². The Morgan fingerprint density at radius 1 is 0.500 bits per heavy atom. The van der Waals surface area contributed by atoms with Crippen LogP contribution < -0.4 is 0 Å². The summed E-state index contributed by atoms with van der Waals surface area (Å²) >= 11 is 0. The molecule has 3 heteroatoms. The van der Waals surface area contributed by atoms with E-state index in [9.17, 15) is 5.11 Å². The summed E-state index contributed by atoms with van der Waals surface area (Å²) < 4.78 is 11.7.